The molecule has 6 N–H and O–H groups in total. The molecule has 0 aromatic rings. The zero-order valence-electron chi connectivity index (χ0n) is 18.8. The van der Waals surface area contributed by atoms with Gasteiger partial charge in [0.2, 0.25) is 0 Å². The normalized spacial score (nSPS) is 14.0. The number of aliphatic carboxylic acids is 1. The zero-order valence-corrected chi connectivity index (χ0v) is 18.8. The molecule has 228 valence electrons. The van der Waals surface area contributed by atoms with Crippen molar-refractivity contribution in [2.24, 2.45) is 0 Å². The largest absolute Gasteiger partial charge is 0.550 e. The van der Waals surface area contributed by atoms with Crippen LogP contribution in [0.5, 0.6) is 0 Å². The van der Waals surface area contributed by atoms with Gasteiger partial charge in [-0.25, -0.2) is 0 Å². The number of hydrogen-bond donors (Lipinski definition) is 4. The van der Waals surface area contributed by atoms with E-state index in [0.717, 1.165) is 0 Å². The second kappa shape index (κ2) is 13.3. The van der Waals surface area contributed by atoms with Crippen LogP contribution >= 0.6 is 0 Å². The van der Waals surface area contributed by atoms with E-state index in [1.165, 1.54) is 0 Å². The lowest BCUT2D eigenvalue weighted by atomic mass is 9.93. The van der Waals surface area contributed by atoms with Crippen LogP contribution in [0, 0.1) is 0 Å². The molecule has 0 aromatic heterocycles. The van der Waals surface area contributed by atoms with Gasteiger partial charge in [-0.15, -0.1) is 0 Å². The van der Waals surface area contributed by atoms with Crippen molar-refractivity contribution in [1.29, 1.82) is 0 Å². The fourth-order valence-electron chi connectivity index (χ4n) is 1.85. The number of aliphatic hydroxyl groups excluding tert-OH is 3. The third-order valence-electron chi connectivity index (χ3n) is 4.45. The molecule has 0 aliphatic heterocycles. The number of rotatable bonds is 14. The van der Waals surface area contributed by atoms with Crippen molar-refractivity contribution >= 4 is 11.9 Å². The molecular weight excluding hydrogens is 577 g/mol. The van der Waals surface area contributed by atoms with E-state index in [2.05, 4.69) is 10.5 Å². The number of halogens is 13. The van der Waals surface area contributed by atoms with Gasteiger partial charge < -0.3 is 35.7 Å². The monoisotopic (exact) mass is 599 g/mol. The Hall–Kier alpha value is -2.13. The molecular formula is C17H22F13NO7. The summed E-state index contributed by atoms with van der Waals surface area (Å²) in [6.07, 6.45) is -12.2. The van der Waals surface area contributed by atoms with E-state index in [1.807, 2.05) is 0 Å². The minimum Gasteiger partial charge on any atom is -0.550 e. The van der Waals surface area contributed by atoms with E-state index in [0.29, 0.717) is 0 Å². The molecule has 0 saturated carbocycles. The first-order valence-corrected chi connectivity index (χ1v) is 9.74. The smallest absolute Gasteiger partial charge is 0.460 e. The van der Waals surface area contributed by atoms with Gasteiger partial charge in [0.05, 0.1) is 13.0 Å². The number of carbonyl (C=O) groups excluding carboxylic acids is 2. The molecule has 0 aliphatic carbocycles. The van der Waals surface area contributed by atoms with Crippen LogP contribution < -0.4 is 10.8 Å². The molecule has 8 nitrogen and oxygen atoms in total. The highest BCUT2D eigenvalue weighted by Gasteiger charge is 2.90. The van der Waals surface area contributed by atoms with Crippen molar-refractivity contribution in [2.45, 2.75) is 67.0 Å². The van der Waals surface area contributed by atoms with Crippen LogP contribution in [0.1, 0.15) is 25.7 Å². The van der Waals surface area contributed by atoms with Gasteiger partial charge in [-0.1, -0.05) is 0 Å². The summed E-state index contributed by atoms with van der Waals surface area (Å²) in [4.78, 5) is 21.0. The number of carboxylic acid groups (broad SMARTS) is 1. The number of aliphatic hydroxyl groups is 3. The Morgan fingerprint density at radius 2 is 1.08 bits per heavy atom. The van der Waals surface area contributed by atoms with Crippen molar-refractivity contribution in [3.63, 3.8) is 0 Å². The topological polar surface area (TPSA) is 155 Å². The number of carbonyl (C=O) groups is 2. The lowest BCUT2D eigenvalue weighted by molar-refractivity contribution is -0.494. The predicted octanol–water partition coefficient (Wildman–Crippen LogP) is 0.523. The maximum Gasteiger partial charge on any atom is 0.460 e. The van der Waals surface area contributed by atoms with Crippen molar-refractivity contribution < 1.29 is 97.6 Å². The highest BCUT2D eigenvalue weighted by Crippen LogP contribution is 2.60. The van der Waals surface area contributed by atoms with E-state index in [1.54, 1.807) is 0 Å². The van der Waals surface area contributed by atoms with Crippen molar-refractivity contribution in [1.82, 2.24) is 0 Å². The van der Waals surface area contributed by atoms with Crippen molar-refractivity contribution in [3.05, 3.63) is 0 Å². The summed E-state index contributed by atoms with van der Waals surface area (Å²) in [7, 11) is 0. The number of carboxylic acids is 1. The lowest BCUT2D eigenvalue weighted by Crippen LogP contribution is -2.78. The number of hydrogen-bond acceptors (Lipinski definition) is 7. The first-order valence-electron chi connectivity index (χ1n) is 9.74. The number of esters is 1. The standard InChI is InChI=1S/C13H11F13O4.C4H11NO3/c14-8(15,4-5-30-7(29)3-1-2-6(27)28)9(16,17)10(18,19)11(20,21)12(22,23)13(24,25)26;5-4(1-6,2-7)3-8/h1-5H2,(H,27,28);6-8H,1-3,5H2. The third kappa shape index (κ3) is 8.70. The second-order valence-corrected chi connectivity index (χ2v) is 7.67. The van der Waals surface area contributed by atoms with E-state index < -0.39 is 85.6 Å². The molecule has 0 radical (unpaired) electrons. The minimum atomic E-state index is -7.99. The maximum atomic E-state index is 13.4. The average Bonchev–Trinajstić information content (AvgIpc) is 2.77. The summed E-state index contributed by atoms with van der Waals surface area (Å²) in [5.41, 5.74) is 2.42. The molecule has 38 heavy (non-hydrogen) atoms. The molecule has 0 heterocycles. The van der Waals surface area contributed by atoms with Crippen LogP contribution in [-0.2, 0) is 14.3 Å². The van der Waals surface area contributed by atoms with Crippen molar-refractivity contribution in [2.75, 3.05) is 26.4 Å². The van der Waals surface area contributed by atoms with Gasteiger partial charge in [0, 0.05) is 12.4 Å². The molecule has 0 aliphatic rings. The van der Waals surface area contributed by atoms with E-state index in [4.69, 9.17) is 15.3 Å². The van der Waals surface area contributed by atoms with Gasteiger partial charge >= 0.3 is 41.8 Å². The Morgan fingerprint density at radius 1 is 0.684 bits per heavy atom. The summed E-state index contributed by atoms with van der Waals surface area (Å²) in [6, 6.07) is 0. The van der Waals surface area contributed by atoms with Crippen LogP contribution in [0.3, 0.4) is 0 Å². The molecule has 0 aromatic carbocycles. The van der Waals surface area contributed by atoms with Gasteiger partial charge in [0.1, 0.15) is 19.8 Å². The maximum absolute atomic E-state index is 13.4. The molecule has 0 fully saturated rings. The fourth-order valence-corrected chi connectivity index (χ4v) is 1.85. The summed E-state index contributed by atoms with van der Waals surface area (Å²) >= 11 is 0. The van der Waals surface area contributed by atoms with Crippen LogP contribution in [0.2, 0.25) is 0 Å². The molecule has 0 unspecified atom stereocenters. The highest BCUT2D eigenvalue weighted by atomic mass is 19.4. The Labute approximate surface area is 204 Å². The lowest BCUT2D eigenvalue weighted by Gasteiger charge is -2.39. The SMILES string of the molecule is O=C([O-])CCCC(=O)OCCC(F)(F)C(F)(F)C(F)(F)C(F)(F)C(F)(F)C(F)(F)F.[NH3+]C(CO)(CO)CO. The van der Waals surface area contributed by atoms with E-state index >= 15 is 0 Å². The van der Waals surface area contributed by atoms with E-state index in [9.17, 15) is 71.8 Å². The second-order valence-electron chi connectivity index (χ2n) is 7.67. The predicted molar refractivity (Wildman–Crippen MR) is 92.1 cm³/mol. The Morgan fingerprint density at radius 3 is 1.39 bits per heavy atom. The highest BCUT2D eigenvalue weighted by molar-refractivity contribution is 5.70. The Bertz CT molecular complexity index is 764. The quantitative estimate of drug-likeness (QED) is 0.168. The molecule has 0 atom stereocenters. The average molecular weight is 599 g/mol. The van der Waals surface area contributed by atoms with Crippen LogP contribution in [0.15, 0.2) is 0 Å². The summed E-state index contributed by atoms with van der Waals surface area (Å²) in [5.74, 6) is -40.7. The number of alkyl halides is 13. The third-order valence-corrected chi connectivity index (χ3v) is 4.45. The fraction of sp³-hybridized carbons (Fsp3) is 0.882. The van der Waals surface area contributed by atoms with Crippen molar-refractivity contribution in [3.8, 4) is 0 Å². The summed E-state index contributed by atoms with van der Waals surface area (Å²) in [5, 5.41) is 35.3. The van der Waals surface area contributed by atoms with Gasteiger partial charge in [-0.3, -0.25) is 4.79 Å². The molecule has 0 rings (SSSR count). The number of quaternary nitrogens is 1. The number of ether oxygens (including phenoxy) is 1. The van der Waals surface area contributed by atoms with Gasteiger partial charge in [-0.05, 0) is 12.8 Å². The minimum absolute atomic E-state index is 0.292. The molecule has 21 heteroatoms. The Balaban J connectivity index is 0. The molecule has 0 amide bonds. The molecule has 0 bridgehead atoms. The van der Waals surface area contributed by atoms with Gasteiger partial charge in [0.25, 0.3) is 0 Å². The summed E-state index contributed by atoms with van der Waals surface area (Å²) < 4.78 is 170. The molecule has 0 saturated heterocycles. The zero-order chi connectivity index (χ0) is 31.0. The van der Waals surface area contributed by atoms with Crippen LogP contribution in [0.4, 0.5) is 57.1 Å². The van der Waals surface area contributed by atoms with Crippen LogP contribution in [0.25, 0.3) is 0 Å². The van der Waals surface area contributed by atoms with Crippen LogP contribution in [-0.4, -0.2) is 95.0 Å². The summed E-state index contributed by atoms with van der Waals surface area (Å²) in [6.45, 7) is -2.75. The first kappa shape index (κ1) is 38.0. The van der Waals surface area contributed by atoms with E-state index in [-0.39, 0.29) is 19.8 Å². The van der Waals surface area contributed by atoms with Gasteiger partial charge in [0.15, 0.2) is 5.54 Å². The molecule has 0 spiro atoms. The Kier molecular flexibility index (Phi) is 13.3. The van der Waals surface area contributed by atoms with Gasteiger partial charge in [-0.2, -0.15) is 57.1 Å². The first-order chi connectivity index (χ1) is 16.7.